The Morgan fingerprint density at radius 1 is 0.958 bits per heavy atom. The SMILES string of the molecule is CC(NC(=O)c1cc(C(F)(F)F)cc(C(F)(F)F)c1)C(C)C(=O)O. The molecule has 24 heavy (non-hydrogen) atoms. The number of halogens is 6. The van der Waals surface area contributed by atoms with Crippen LogP contribution in [0.5, 0.6) is 0 Å². The number of carbonyl (C=O) groups is 2. The van der Waals surface area contributed by atoms with Gasteiger partial charge in [0, 0.05) is 11.6 Å². The molecule has 0 saturated heterocycles. The van der Waals surface area contributed by atoms with Gasteiger partial charge in [-0.2, -0.15) is 26.3 Å². The number of hydrogen-bond donors (Lipinski definition) is 2. The zero-order chi connectivity index (χ0) is 18.9. The summed E-state index contributed by atoms with van der Waals surface area (Å²) in [6, 6.07) is -0.537. The number of carboxylic acids is 1. The van der Waals surface area contributed by atoms with E-state index in [1.165, 1.54) is 13.8 Å². The molecule has 134 valence electrons. The number of alkyl halides is 6. The van der Waals surface area contributed by atoms with Crippen LogP contribution in [0.1, 0.15) is 35.3 Å². The van der Waals surface area contributed by atoms with Crippen molar-refractivity contribution in [2.75, 3.05) is 0 Å². The summed E-state index contributed by atoms with van der Waals surface area (Å²) in [4.78, 5) is 22.7. The van der Waals surface area contributed by atoms with Crippen molar-refractivity contribution >= 4 is 11.9 Å². The van der Waals surface area contributed by atoms with Gasteiger partial charge in [0.2, 0.25) is 0 Å². The quantitative estimate of drug-likeness (QED) is 0.810. The van der Waals surface area contributed by atoms with Crippen LogP contribution in [0.3, 0.4) is 0 Å². The summed E-state index contributed by atoms with van der Waals surface area (Å²) < 4.78 is 76.3. The summed E-state index contributed by atoms with van der Waals surface area (Å²) >= 11 is 0. The summed E-state index contributed by atoms with van der Waals surface area (Å²) in [6.45, 7) is 2.51. The second kappa shape index (κ2) is 6.70. The molecule has 0 bridgehead atoms. The number of carboxylic acid groups (broad SMARTS) is 1. The van der Waals surface area contributed by atoms with Crippen LogP contribution in [-0.4, -0.2) is 23.0 Å². The summed E-state index contributed by atoms with van der Waals surface area (Å²) in [7, 11) is 0. The maximum Gasteiger partial charge on any atom is 0.416 e. The van der Waals surface area contributed by atoms with Gasteiger partial charge in [0.05, 0.1) is 17.0 Å². The molecule has 0 aliphatic rings. The van der Waals surface area contributed by atoms with Crippen molar-refractivity contribution in [2.45, 2.75) is 32.2 Å². The molecule has 1 rings (SSSR count). The van der Waals surface area contributed by atoms with Crippen molar-refractivity contribution in [3.63, 3.8) is 0 Å². The summed E-state index contributed by atoms with van der Waals surface area (Å²) in [6.07, 6.45) is -10.1. The van der Waals surface area contributed by atoms with E-state index in [2.05, 4.69) is 5.32 Å². The highest BCUT2D eigenvalue weighted by atomic mass is 19.4. The second-order valence-corrected chi connectivity index (χ2v) is 5.18. The Kier molecular flexibility index (Phi) is 5.52. The molecule has 1 aromatic rings. The minimum absolute atomic E-state index is 0.0971. The van der Waals surface area contributed by atoms with Crippen LogP contribution in [0, 0.1) is 5.92 Å². The Hall–Kier alpha value is -2.26. The Morgan fingerprint density at radius 3 is 1.71 bits per heavy atom. The zero-order valence-corrected chi connectivity index (χ0v) is 12.4. The van der Waals surface area contributed by atoms with Crippen LogP contribution < -0.4 is 5.32 Å². The number of carbonyl (C=O) groups excluding carboxylic acids is 1. The minimum atomic E-state index is -5.07. The topological polar surface area (TPSA) is 66.4 Å². The molecule has 0 radical (unpaired) electrons. The van der Waals surface area contributed by atoms with Crippen molar-refractivity contribution in [3.8, 4) is 0 Å². The van der Waals surface area contributed by atoms with Crippen LogP contribution >= 0.6 is 0 Å². The number of hydrogen-bond acceptors (Lipinski definition) is 2. The largest absolute Gasteiger partial charge is 0.481 e. The van der Waals surface area contributed by atoms with Crippen LogP contribution in [0.4, 0.5) is 26.3 Å². The average molecular weight is 357 g/mol. The molecule has 10 heteroatoms. The third-order valence-electron chi connectivity index (χ3n) is 3.35. The number of nitrogens with one attached hydrogen (secondary N) is 1. The first-order chi connectivity index (χ1) is 10.7. The Bertz CT molecular complexity index is 606. The second-order valence-electron chi connectivity index (χ2n) is 5.18. The highest BCUT2D eigenvalue weighted by Gasteiger charge is 2.37. The van der Waals surface area contributed by atoms with E-state index in [9.17, 15) is 35.9 Å². The lowest BCUT2D eigenvalue weighted by Crippen LogP contribution is -2.40. The van der Waals surface area contributed by atoms with Gasteiger partial charge in [-0.1, -0.05) is 0 Å². The summed E-state index contributed by atoms with van der Waals surface area (Å²) in [5.74, 6) is -3.59. The molecule has 4 nitrogen and oxygen atoms in total. The first kappa shape index (κ1) is 19.8. The van der Waals surface area contributed by atoms with E-state index in [4.69, 9.17) is 5.11 Å². The highest BCUT2D eigenvalue weighted by Crippen LogP contribution is 2.36. The third kappa shape index (κ3) is 4.87. The molecule has 2 N–H and O–H groups in total. The third-order valence-corrected chi connectivity index (χ3v) is 3.35. The van der Waals surface area contributed by atoms with E-state index in [-0.39, 0.29) is 18.2 Å². The number of amides is 1. The molecule has 1 aromatic carbocycles. The lowest BCUT2D eigenvalue weighted by molar-refractivity contribution is -0.143. The van der Waals surface area contributed by atoms with E-state index < -0.39 is 52.9 Å². The van der Waals surface area contributed by atoms with Gasteiger partial charge in [0.15, 0.2) is 0 Å². The predicted molar refractivity (Wildman–Crippen MR) is 70.2 cm³/mol. The standard InChI is InChI=1S/C14H13F6NO3/c1-6(12(23)24)7(2)21-11(22)8-3-9(13(15,16)17)5-10(4-8)14(18,19)20/h3-7H,1-2H3,(H,21,22)(H,23,24). The van der Waals surface area contributed by atoms with Gasteiger partial charge in [-0.25, -0.2) is 0 Å². The fourth-order valence-corrected chi connectivity index (χ4v) is 1.71. The normalized spacial score (nSPS) is 14.8. The average Bonchev–Trinajstić information content (AvgIpc) is 2.43. The van der Waals surface area contributed by atoms with Crippen LogP contribution in [0.15, 0.2) is 18.2 Å². The molecule has 2 unspecified atom stereocenters. The molecule has 0 heterocycles. The number of benzene rings is 1. The molecule has 2 atom stereocenters. The monoisotopic (exact) mass is 357 g/mol. The van der Waals surface area contributed by atoms with Gasteiger partial charge in [-0.05, 0) is 32.0 Å². The van der Waals surface area contributed by atoms with Crippen molar-refractivity contribution in [1.29, 1.82) is 0 Å². The first-order valence-electron chi connectivity index (χ1n) is 6.56. The fraction of sp³-hybridized carbons (Fsp3) is 0.429. The highest BCUT2D eigenvalue weighted by molar-refractivity contribution is 5.95. The Balaban J connectivity index is 3.23. The van der Waals surface area contributed by atoms with Crippen molar-refractivity contribution in [1.82, 2.24) is 5.32 Å². The number of aliphatic carboxylic acids is 1. The van der Waals surface area contributed by atoms with Crippen molar-refractivity contribution < 1.29 is 41.0 Å². The fourth-order valence-electron chi connectivity index (χ4n) is 1.71. The van der Waals surface area contributed by atoms with Crippen molar-refractivity contribution in [3.05, 3.63) is 34.9 Å². The molecule has 0 spiro atoms. The Labute approximate surface area is 132 Å². The minimum Gasteiger partial charge on any atom is -0.481 e. The van der Waals surface area contributed by atoms with Crippen LogP contribution in [0.25, 0.3) is 0 Å². The van der Waals surface area contributed by atoms with Crippen molar-refractivity contribution in [2.24, 2.45) is 5.92 Å². The molecule has 1 amide bonds. The molecule has 0 saturated carbocycles. The van der Waals surface area contributed by atoms with E-state index in [0.717, 1.165) is 0 Å². The first-order valence-corrected chi connectivity index (χ1v) is 6.56. The molecule has 0 fully saturated rings. The van der Waals surface area contributed by atoms with Crippen LogP contribution in [0.2, 0.25) is 0 Å². The van der Waals surface area contributed by atoms with E-state index >= 15 is 0 Å². The Morgan fingerprint density at radius 2 is 1.38 bits per heavy atom. The van der Waals surface area contributed by atoms with E-state index in [1.807, 2.05) is 0 Å². The summed E-state index contributed by atoms with van der Waals surface area (Å²) in [5, 5.41) is 10.9. The van der Waals surface area contributed by atoms with Gasteiger partial charge in [0.1, 0.15) is 0 Å². The summed E-state index contributed by atoms with van der Waals surface area (Å²) in [5.41, 5.74) is -4.11. The maximum absolute atomic E-state index is 12.7. The zero-order valence-electron chi connectivity index (χ0n) is 12.4. The van der Waals surface area contributed by atoms with Gasteiger partial charge in [-0.3, -0.25) is 9.59 Å². The van der Waals surface area contributed by atoms with Gasteiger partial charge in [-0.15, -0.1) is 0 Å². The van der Waals surface area contributed by atoms with E-state index in [0.29, 0.717) is 0 Å². The molecular formula is C14H13F6NO3. The molecule has 0 aliphatic heterocycles. The van der Waals surface area contributed by atoms with Gasteiger partial charge in [0.25, 0.3) is 5.91 Å². The molecule has 0 aromatic heterocycles. The molecular weight excluding hydrogens is 344 g/mol. The van der Waals surface area contributed by atoms with Crippen LogP contribution in [-0.2, 0) is 17.1 Å². The smallest absolute Gasteiger partial charge is 0.416 e. The lowest BCUT2D eigenvalue weighted by atomic mass is 10.0. The van der Waals surface area contributed by atoms with Gasteiger partial charge < -0.3 is 10.4 Å². The maximum atomic E-state index is 12.7. The number of rotatable bonds is 4. The van der Waals surface area contributed by atoms with E-state index in [1.54, 1.807) is 0 Å². The van der Waals surface area contributed by atoms with Gasteiger partial charge >= 0.3 is 18.3 Å². The lowest BCUT2D eigenvalue weighted by Gasteiger charge is -2.19. The molecule has 0 aliphatic carbocycles. The predicted octanol–water partition coefficient (Wildman–Crippen LogP) is 3.56.